The monoisotopic (exact) mass is 288 g/mol. The van der Waals surface area contributed by atoms with Crippen molar-refractivity contribution in [2.45, 2.75) is 0 Å². The van der Waals surface area contributed by atoms with Gasteiger partial charge < -0.3 is 10.8 Å². The molecule has 0 aliphatic carbocycles. The van der Waals surface area contributed by atoms with E-state index in [4.69, 9.17) is 10.8 Å². The van der Waals surface area contributed by atoms with Crippen LogP contribution in [0.2, 0.25) is 0 Å². The lowest BCUT2D eigenvalue weighted by Gasteiger charge is -2.25. The highest BCUT2D eigenvalue weighted by atomic mass is 16.6. The van der Waals surface area contributed by atoms with Gasteiger partial charge in [0.1, 0.15) is 5.69 Å². The molecule has 0 aliphatic heterocycles. The van der Waals surface area contributed by atoms with Crippen molar-refractivity contribution < 1.29 is 10.0 Å². The Kier molecular flexibility index (Phi) is 4.57. The maximum atomic E-state index is 11.0. The summed E-state index contributed by atoms with van der Waals surface area (Å²) in [5, 5.41) is 21.7. The molecule has 7 heteroatoms. The predicted molar refractivity (Wildman–Crippen MR) is 82.0 cm³/mol. The molecular formula is C14H16N4O3. The molecule has 0 saturated heterocycles. The molecule has 0 bridgehead atoms. The Hall–Kier alpha value is -2.80. The Morgan fingerprint density at radius 3 is 2.57 bits per heavy atom. The van der Waals surface area contributed by atoms with Gasteiger partial charge in [0.2, 0.25) is 0 Å². The third-order valence-corrected chi connectivity index (χ3v) is 2.88. The number of para-hydroxylation sites is 1. The quantitative estimate of drug-likeness (QED) is 0.426. The van der Waals surface area contributed by atoms with E-state index < -0.39 is 4.92 Å². The molecule has 2 rings (SSSR count). The van der Waals surface area contributed by atoms with E-state index >= 15 is 0 Å². The molecule has 0 heterocycles. The number of nitro groups is 1. The number of aliphatic hydroxyl groups is 1. The third-order valence-electron chi connectivity index (χ3n) is 2.88. The second kappa shape index (κ2) is 6.58. The number of nitrogens with one attached hydrogen (secondary N) is 1. The summed E-state index contributed by atoms with van der Waals surface area (Å²) in [5.41, 5.74) is 9.98. The number of hydrogen-bond donors (Lipinski definition) is 3. The molecule has 0 aromatic heterocycles. The number of aliphatic hydroxyl groups excluding tert-OH is 1. The van der Waals surface area contributed by atoms with Crippen LogP contribution in [-0.4, -0.2) is 23.2 Å². The average Bonchev–Trinajstić information content (AvgIpc) is 2.48. The van der Waals surface area contributed by atoms with Crippen LogP contribution in [0.5, 0.6) is 0 Å². The van der Waals surface area contributed by atoms with Gasteiger partial charge in [-0.15, -0.1) is 0 Å². The van der Waals surface area contributed by atoms with Crippen LogP contribution in [-0.2, 0) is 0 Å². The number of nitrogens with zero attached hydrogens (tertiary/aromatic N) is 2. The first-order valence-corrected chi connectivity index (χ1v) is 6.36. The van der Waals surface area contributed by atoms with E-state index in [-0.39, 0.29) is 24.5 Å². The standard InChI is InChI=1S/C14H16N4O3/c15-13-7-6-12(10-14(13)18(20)21)17(8-9-19)16-11-4-2-1-3-5-11/h1-7,10,16,19H,8-9,15H2. The van der Waals surface area contributed by atoms with Crippen LogP contribution in [0.4, 0.5) is 22.7 Å². The van der Waals surface area contributed by atoms with Crippen molar-refractivity contribution in [3.8, 4) is 0 Å². The number of hydrogen-bond acceptors (Lipinski definition) is 6. The molecular weight excluding hydrogens is 272 g/mol. The molecule has 4 N–H and O–H groups in total. The summed E-state index contributed by atoms with van der Waals surface area (Å²) >= 11 is 0. The van der Waals surface area contributed by atoms with Gasteiger partial charge in [0.15, 0.2) is 0 Å². The van der Waals surface area contributed by atoms with Crippen molar-refractivity contribution in [2.24, 2.45) is 0 Å². The predicted octanol–water partition coefficient (Wildman–Crippen LogP) is 2.00. The molecule has 110 valence electrons. The zero-order valence-corrected chi connectivity index (χ0v) is 11.3. The fourth-order valence-corrected chi connectivity index (χ4v) is 1.88. The van der Waals surface area contributed by atoms with Gasteiger partial charge in [-0.1, -0.05) is 18.2 Å². The normalized spacial score (nSPS) is 10.1. The first-order valence-electron chi connectivity index (χ1n) is 6.36. The van der Waals surface area contributed by atoms with E-state index in [9.17, 15) is 10.1 Å². The third kappa shape index (κ3) is 3.61. The first kappa shape index (κ1) is 14.6. The van der Waals surface area contributed by atoms with Crippen LogP contribution in [0.1, 0.15) is 0 Å². The van der Waals surface area contributed by atoms with Crippen molar-refractivity contribution >= 4 is 22.7 Å². The molecule has 0 amide bonds. The summed E-state index contributed by atoms with van der Waals surface area (Å²) in [5.74, 6) is 0. The maximum absolute atomic E-state index is 11.0. The van der Waals surface area contributed by atoms with Gasteiger partial charge in [-0.2, -0.15) is 0 Å². The summed E-state index contributed by atoms with van der Waals surface area (Å²) < 4.78 is 0. The summed E-state index contributed by atoms with van der Waals surface area (Å²) in [6.45, 7) is 0.175. The molecule has 2 aromatic carbocycles. The van der Waals surface area contributed by atoms with Gasteiger partial charge in [0.25, 0.3) is 5.69 Å². The van der Waals surface area contributed by atoms with Gasteiger partial charge in [-0.3, -0.25) is 20.5 Å². The van der Waals surface area contributed by atoms with Crippen LogP contribution < -0.4 is 16.2 Å². The van der Waals surface area contributed by atoms with E-state index in [1.165, 1.54) is 12.1 Å². The lowest BCUT2D eigenvalue weighted by molar-refractivity contribution is -0.383. The molecule has 7 nitrogen and oxygen atoms in total. The molecule has 0 saturated carbocycles. The van der Waals surface area contributed by atoms with Crippen molar-refractivity contribution in [1.29, 1.82) is 0 Å². The highest BCUT2D eigenvalue weighted by molar-refractivity contribution is 5.67. The van der Waals surface area contributed by atoms with Gasteiger partial charge >= 0.3 is 0 Å². The van der Waals surface area contributed by atoms with E-state index in [0.29, 0.717) is 5.69 Å². The van der Waals surface area contributed by atoms with Crippen molar-refractivity contribution in [3.63, 3.8) is 0 Å². The average molecular weight is 288 g/mol. The first-order chi connectivity index (χ1) is 10.1. The molecule has 21 heavy (non-hydrogen) atoms. The molecule has 0 spiro atoms. The number of nitrogens with two attached hydrogens (primary N) is 1. The van der Waals surface area contributed by atoms with Crippen molar-refractivity contribution in [2.75, 3.05) is 29.3 Å². The van der Waals surface area contributed by atoms with Crippen LogP contribution >= 0.6 is 0 Å². The van der Waals surface area contributed by atoms with Crippen LogP contribution in [0, 0.1) is 10.1 Å². The number of hydrazine groups is 1. The second-order valence-electron chi connectivity index (χ2n) is 4.35. The van der Waals surface area contributed by atoms with Crippen LogP contribution in [0.15, 0.2) is 48.5 Å². The number of benzene rings is 2. The Labute approximate surface area is 121 Å². The van der Waals surface area contributed by atoms with Crippen molar-refractivity contribution in [3.05, 3.63) is 58.6 Å². The Morgan fingerprint density at radius 1 is 1.24 bits per heavy atom. The molecule has 0 radical (unpaired) electrons. The lowest BCUT2D eigenvalue weighted by Crippen LogP contribution is -2.32. The minimum Gasteiger partial charge on any atom is -0.394 e. The molecule has 0 atom stereocenters. The highest BCUT2D eigenvalue weighted by Gasteiger charge is 2.15. The summed E-state index contributed by atoms with van der Waals surface area (Å²) in [7, 11) is 0. The summed E-state index contributed by atoms with van der Waals surface area (Å²) in [6.07, 6.45) is 0. The number of nitro benzene ring substituents is 1. The Morgan fingerprint density at radius 2 is 1.95 bits per heavy atom. The number of rotatable bonds is 6. The topological polar surface area (TPSA) is 105 Å². The second-order valence-corrected chi connectivity index (χ2v) is 4.35. The SMILES string of the molecule is Nc1ccc(N(CCO)Nc2ccccc2)cc1[N+](=O)[O-]. The smallest absolute Gasteiger partial charge is 0.294 e. The fraction of sp³-hybridized carbons (Fsp3) is 0.143. The van der Waals surface area contributed by atoms with Crippen molar-refractivity contribution in [1.82, 2.24) is 0 Å². The van der Waals surface area contributed by atoms with Gasteiger partial charge in [-0.05, 0) is 24.3 Å². The van der Waals surface area contributed by atoms with Gasteiger partial charge in [0.05, 0.1) is 29.4 Å². The fourth-order valence-electron chi connectivity index (χ4n) is 1.88. The molecule has 2 aromatic rings. The Balaban J connectivity index is 2.29. The van der Waals surface area contributed by atoms with E-state index in [0.717, 1.165) is 5.69 Å². The maximum Gasteiger partial charge on any atom is 0.294 e. The van der Waals surface area contributed by atoms with E-state index in [1.807, 2.05) is 30.3 Å². The minimum atomic E-state index is -0.529. The lowest BCUT2D eigenvalue weighted by atomic mass is 10.2. The van der Waals surface area contributed by atoms with Gasteiger partial charge in [-0.25, -0.2) is 0 Å². The number of anilines is 3. The zero-order valence-electron chi connectivity index (χ0n) is 11.3. The Bertz CT molecular complexity index is 619. The van der Waals surface area contributed by atoms with Crippen LogP contribution in [0.3, 0.4) is 0 Å². The van der Waals surface area contributed by atoms with E-state index in [2.05, 4.69) is 5.43 Å². The van der Waals surface area contributed by atoms with E-state index in [1.54, 1.807) is 11.1 Å². The highest BCUT2D eigenvalue weighted by Crippen LogP contribution is 2.27. The van der Waals surface area contributed by atoms with Gasteiger partial charge in [0, 0.05) is 6.07 Å². The van der Waals surface area contributed by atoms with Crippen LogP contribution in [0.25, 0.3) is 0 Å². The minimum absolute atomic E-state index is 0.0992. The summed E-state index contributed by atoms with van der Waals surface area (Å²) in [6, 6.07) is 13.8. The summed E-state index contributed by atoms with van der Waals surface area (Å²) in [4.78, 5) is 10.4. The zero-order chi connectivity index (χ0) is 15.2. The number of nitrogen functional groups attached to an aromatic ring is 1. The molecule has 0 unspecified atom stereocenters. The molecule has 0 fully saturated rings. The largest absolute Gasteiger partial charge is 0.394 e. The molecule has 0 aliphatic rings.